The van der Waals surface area contributed by atoms with Crippen LogP contribution in [0.4, 0.5) is 0 Å². The lowest BCUT2D eigenvalue weighted by molar-refractivity contribution is 0.158. The molecule has 2 aliphatic rings. The Labute approximate surface area is 169 Å². The van der Waals surface area contributed by atoms with Crippen molar-refractivity contribution in [2.24, 2.45) is 0 Å². The number of ether oxygens (including phenoxy) is 2. The number of pyridine rings is 1. The Hall–Kier alpha value is -2.62. The van der Waals surface area contributed by atoms with Gasteiger partial charge in [0, 0.05) is 56.1 Å². The molecule has 3 aromatic rings. The first-order valence-electron chi connectivity index (χ1n) is 9.65. The Morgan fingerprint density at radius 1 is 1.03 bits per heavy atom. The average Bonchev–Trinajstić information content (AvgIpc) is 3.20. The second-order valence-corrected chi connectivity index (χ2v) is 9.08. The van der Waals surface area contributed by atoms with E-state index in [9.17, 15) is 8.42 Å². The van der Waals surface area contributed by atoms with Gasteiger partial charge in [0.1, 0.15) is 23.8 Å². The molecular weight excluding hydrogens is 392 g/mol. The van der Waals surface area contributed by atoms with E-state index in [0.717, 1.165) is 17.1 Å². The molecule has 2 aromatic heterocycles. The van der Waals surface area contributed by atoms with Crippen molar-refractivity contribution < 1.29 is 17.9 Å². The summed E-state index contributed by atoms with van der Waals surface area (Å²) in [6, 6.07) is 9.45. The number of aromatic nitrogens is 2. The van der Waals surface area contributed by atoms with Gasteiger partial charge >= 0.3 is 0 Å². The molecule has 0 radical (unpaired) electrons. The second kappa shape index (κ2) is 7.33. The van der Waals surface area contributed by atoms with Crippen LogP contribution in [0.15, 0.2) is 47.6 Å². The number of para-hydroxylation sites is 1. The first kappa shape index (κ1) is 18.4. The first-order chi connectivity index (χ1) is 14.1. The fourth-order valence-electron chi connectivity index (χ4n) is 3.91. The second-order valence-electron chi connectivity index (χ2n) is 7.17. The van der Waals surface area contributed by atoms with Gasteiger partial charge in [-0.25, -0.2) is 13.4 Å². The number of hydrogen-bond donors (Lipinski definition) is 1. The highest BCUT2D eigenvalue weighted by atomic mass is 32.2. The maximum absolute atomic E-state index is 13.1. The molecule has 1 fully saturated rings. The number of hydrogen-bond acceptors (Lipinski definition) is 6. The largest absolute Gasteiger partial charge is 0.486 e. The Morgan fingerprint density at radius 2 is 1.86 bits per heavy atom. The zero-order chi connectivity index (χ0) is 19.8. The lowest BCUT2D eigenvalue weighted by atomic mass is 10.1. The average molecular weight is 414 g/mol. The highest BCUT2D eigenvalue weighted by Gasteiger charge is 2.31. The number of piperazine rings is 1. The summed E-state index contributed by atoms with van der Waals surface area (Å²) >= 11 is 0. The number of nitrogens with one attached hydrogen (secondary N) is 1. The maximum Gasteiger partial charge on any atom is 0.245 e. The molecule has 4 heterocycles. The van der Waals surface area contributed by atoms with Crippen molar-refractivity contribution in [2.75, 3.05) is 39.4 Å². The van der Waals surface area contributed by atoms with Gasteiger partial charge in [0.2, 0.25) is 10.0 Å². The van der Waals surface area contributed by atoms with E-state index in [1.165, 1.54) is 6.20 Å². The standard InChI is InChI=1S/C20H22N4O4S/c25-29(26,18-13-22-20-16(18)4-2-6-21-20)24-9-7-23(8-10-24)14-15-3-1-5-17-19(15)28-12-11-27-17/h1-6,13H,7-12,14H2,(H,21,22). The van der Waals surface area contributed by atoms with Crippen molar-refractivity contribution in [3.05, 3.63) is 48.3 Å². The van der Waals surface area contributed by atoms with E-state index in [0.29, 0.717) is 57.0 Å². The van der Waals surface area contributed by atoms with Gasteiger partial charge in [-0.05, 0) is 18.2 Å². The number of nitrogens with zero attached hydrogens (tertiary/aromatic N) is 3. The van der Waals surface area contributed by atoms with Gasteiger partial charge < -0.3 is 14.5 Å². The Kier molecular flexibility index (Phi) is 4.65. The number of H-pyrrole nitrogens is 1. The van der Waals surface area contributed by atoms with Crippen molar-refractivity contribution in [3.8, 4) is 11.5 Å². The molecule has 29 heavy (non-hydrogen) atoms. The topological polar surface area (TPSA) is 87.8 Å². The zero-order valence-corrected chi connectivity index (χ0v) is 16.7. The Balaban J connectivity index is 1.29. The lowest BCUT2D eigenvalue weighted by Crippen LogP contribution is -2.48. The van der Waals surface area contributed by atoms with Crippen LogP contribution in [0.1, 0.15) is 5.56 Å². The zero-order valence-electron chi connectivity index (χ0n) is 15.9. The van der Waals surface area contributed by atoms with Crippen LogP contribution in [-0.2, 0) is 16.6 Å². The van der Waals surface area contributed by atoms with Crippen molar-refractivity contribution in [2.45, 2.75) is 11.4 Å². The molecule has 0 unspecified atom stereocenters. The highest BCUT2D eigenvalue weighted by molar-refractivity contribution is 7.89. The third-order valence-corrected chi connectivity index (χ3v) is 7.34. The van der Waals surface area contributed by atoms with E-state index in [4.69, 9.17) is 9.47 Å². The van der Waals surface area contributed by atoms with Crippen LogP contribution in [-0.4, -0.2) is 67.0 Å². The van der Waals surface area contributed by atoms with Crippen molar-refractivity contribution in [1.82, 2.24) is 19.2 Å². The number of sulfonamides is 1. The van der Waals surface area contributed by atoms with Crippen LogP contribution in [0.25, 0.3) is 11.0 Å². The molecule has 2 aliphatic heterocycles. The molecule has 8 nitrogen and oxygen atoms in total. The minimum absolute atomic E-state index is 0.289. The molecule has 1 aromatic carbocycles. The van der Waals surface area contributed by atoms with Crippen LogP contribution in [0.3, 0.4) is 0 Å². The van der Waals surface area contributed by atoms with Gasteiger partial charge in [-0.3, -0.25) is 4.90 Å². The van der Waals surface area contributed by atoms with Gasteiger partial charge in [-0.2, -0.15) is 4.31 Å². The van der Waals surface area contributed by atoms with E-state index >= 15 is 0 Å². The SMILES string of the molecule is O=S(=O)(c1c[nH]c2ncccc12)N1CCN(Cc2cccc3c2OCCO3)CC1. The van der Waals surface area contributed by atoms with Crippen LogP contribution in [0, 0.1) is 0 Å². The van der Waals surface area contributed by atoms with E-state index < -0.39 is 10.0 Å². The number of rotatable bonds is 4. The van der Waals surface area contributed by atoms with Crippen LogP contribution >= 0.6 is 0 Å². The summed E-state index contributed by atoms with van der Waals surface area (Å²) in [5.41, 5.74) is 1.65. The summed E-state index contributed by atoms with van der Waals surface area (Å²) < 4.78 is 39.3. The molecular formula is C20H22N4O4S. The predicted octanol–water partition coefficient (Wildman–Crippen LogP) is 1.84. The highest BCUT2D eigenvalue weighted by Crippen LogP contribution is 2.34. The summed E-state index contributed by atoms with van der Waals surface area (Å²) in [4.78, 5) is 9.67. The number of fused-ring (bicyclic) bond motifs is 2. The third kappa shape index (κ3) is 3.35. The molecule has 0 atom stereocenters. The smallest absolute Gasteiger partial charge is 0.245 e. The molecule has 1 N–H and O–H groups in total. The molecule has 152 valence electrons. The van der Waals surface area contributed by atoms with Crippen molar-refractivity contribution >= 4 is 21.1 Å². The maximum atomic E-state index is 13.1. The summed E-state index contributed by atoms with van der Waals surface area (Å²) in [5, 5.41) is 0.628. The summed E-state index contributed by atoms with van der Waals surface area (Å²) in [6.07, 6.45) is 3.18. The molecule has 0 saturated carbocycles. The Morgan fingerprint density at radius 3 is 2.72 bits per heavy atom. The van der Waals surface area contributed by atoms with Gasteiger partial charge in [0.15, 0.2) is 11.5 Å². The molecule has 1 saturated heterocycles. The molecule has 0 amide bonds. The van der Waals surface area contributed by atoms with Crippen LogP contribution in [0.5, 0.6) is 11.5 Å². The van der Waals surface area contributed by atoms with E-state index in [-0.39, 0.29) is 4.90 Å². The van der Waals surface area contributed by atoms with E-state index in [1.807, 2.05) is 18.2 Å². The van der Waals surface area contributed by atoms with Crippen LogP contribution < -0.4 is 9.47 Å². The van der Waals surface area contributed by atoms with E-state index in [2.05, 4.69) is 14.9 Å². The molecule has 0 bridgehead atoms. The minimum Gasteiger partial charge on any atom is -0.486 e. The first-order valence-corrected chi connectivity index (χ1v) is 11.1. The van der Waals surface area contributed by atoms with E-state index in [1.54, 1.807) is 22.6 Å². The summed E-state index contributed by atoms with van der Waals surface area (Å²) in [5.74, 6) is 1.59. The number of benzene rings is 1. The Bertz CT molecular complexity index is 1140. The third-order valence-electron chi connectivity index (χ3n) is 5.40. The van der Waals surface area contributed by atoms with Gasteiger partial charge in [0.25, 0.3) is 0 Å². The molecule has 9 heteroatoms. The lowest BCUT2D eigenvalue weighted by Gasteiger charge is -2.34. The molecule has 0 spiro atoms. The summed E-state index contributed by atoms with van der Waals surface area (Å²) in [7, 11) is -3.57. The molecule has 5 rings (SSSR count). The molecule has 0 aliphatic carbocycles. The quantitative estimate of drug-likeness (QED) is 0.701. The fourth-order valence-corrected chi connectivity index (χ4v) is 5.48. The minimum atomic E-state index is -3.57. The van der Waals surface area contributed by atoms with Crippen molar-refractivity contribution in [3.63, 3.8) is 0 Å². The normalized spacial score (nSPS) is 18.2. The van der Waals surface area contributed by atoms with Gasteiger partial charge in [-0.1, -0.05) is 12.1 Å². The predicted molar refractivity (Wildman–Crippen MR) is 108 cm³/mol. The van der Waals surface area contributed by atoms with Gasteiger partial charge in [-0.15, -0.1) is 0 Å². The van der Waals surface area contributed by atoms with Gasteiger partial charge in [0.05, 0.1) is 0 Å². The van der Waals surface area contributed by atoms with Crippen LogP contribution in [0.2, 0.25) is 0 Å². The monoisotopic (exact) mass is 414 g/mol. The number of aromatic amines is 1. The fraction of sp³-hybridized carbons (Fsp3) is 0.350. The summed E-state index contributed by atoms with van der Waals surface area (Å²) in [6.45, 7) is 4.03. The van der Waals surface area contributed by atoms with Crippen molar-refractivity contribution in [1.29, 1.82) is 0 Å².